The van der Waals surface area contributed by atoms with Gasteiger partial charge in [-0.2, -0.15) is 0 Å². The molecule has 1 unspecified atom stereocenters. The van der Waals surface area contributed by atoms with E-state index in [1.54, 1.807) is 18.2 Å². The third-order valence-electron chi connectivity index (χ3n) is 3.36. The minimum absolute atomic E-state index is 0.0876. The lowest BCUT2D eigenvalue weighted by Crippen LogP contribution is -2.32. The molecule has 0 saturated heterocycles. The number of rotatable bonds is 6. The van der Waals surface area contributed by atoms with Crippen molar-refractivity contribution >= 4 is 16.8 Å². The smallest absolute Gasteiger partial charge is 0.261 e. The molecule has 1 atom stereocenters. The Morgan fingerprint density at radius 1 is 1.43 bits per heavy atom. The van der Waals surface area contributed by atoms with Crippen LogP contribution in [0, 0.1) is 5.92 Å². The van der Waals surface area contributed by atoms with E-state index in [-0.39, 0.29) is 23.8 Å². The number of para-hydroxylation sites is 1. The molecular weight excluding hydrogens is 268 g/mol. The van der Waals surface area contributed by atoms with Crippen molar-refractivity contribution in [1.82, 2.24) is 14.9 Å². The Labute approximate surface area is 123 Å². The maximum absolute atomic E-state index is 12.2. The van der Waals surface area contributed by atoms with E-state index in [1.807, 2.05) is 13.0 Å². The van der Waals surface area contributed by atoms with Crippen LogP contribution in [0.5, 0.6) is 0 Å². The van der Waals surface area contributed by atoms with Gasteiger partial charge in [0, 0.05) is 19.5 Å². The fourth-order valence-corrected chi connectivity index (χ4v) is 1.95. The van der Waals surface area contributed by atoms with E-state index < -0.39 is 0 Å². The maximum Gasteiger partial charge on any atom is 0.261 e. The van der Waals surface area contributed by atoms with E-state index in [4.69, 9.17) is 5.73 Å². The van der Waals surface area contributed by atoms with Crippen molar-refractivity contribution in [1.29, 1.82) is 0 Å². The predicted octanol–water partition coefficient (Wildman–Crippen LogP) is 0.498. The lowest BCUT2D eigenvalue weighted by molar-refractivity contribution is -0.121. The molecule has 0 bridgehead atoms. The molecule has 0 spiro atoms. The highest BCUT2D eigenvalue weighted by Crippen LogP contribution is 2.04. The van der Waals surface area contributed by atoms with Gasteiger partial charge in [0.15, 0.2) is 0 Å². The highest BCUT2D eigenvalue weighted by atomic mass is 16.1. The van der Waals surface area contributed by atoms with Crippen LogP contribution in [0.3, 0.4) is 0 Å². The Morgan fingerprint density at radius 3 is 2.95 bits per heavy atom. The summed E-state index contributed by atoms with van der Waals surface area (Å²) in [6, 6.07) is 7.17. The molecule has 0 aliphatic rings. The first-order chi connectivity index (χ1) is 10.1. The van der Waals surface area contributed by atoms with Crippen LogP contribution in [0.2, 0.25) is 0 Å². The van der Waals surface area contributed by atoms with E-state index in [2.05, 4.69) is 10.3 Å². The first-order valence-electron chi connectivity index (χ1n) is 7.02. The summed E-state index contributed by atoms with van der Waals surface area (Å²) in [5, 5.41) is 3.37. The number of aryl methyl sites for hydroxylation is 1. The average Bonchev–Trinajstić information content (AvgIpc) is 2.52. The van der Waals surface area contributed by atoms with Gasteiger partial charge in [-0.05, 0) is 24.6 Å². The van der Waals surface area contributed by atoms with Gasteiger partial charge < -0.3 is 11.1 Å². The Hall–Kier alpha value is -2.21. The molecule has 1 aromatic carbocycles. The van der Waals surface area contributed by atoms with E-state index in [0.717, 1.165) is 0 Å². The zero-order chi connectivity index (χ0) is 15.2. The highest BCUT2D eigenvalue weighted by Gasteiger charge is 2.07. The van der Waals surface area contributed by atoms with E-state index in [1.165, 1.54) is 10.9 Å². The fourth-order valence-electron chi connectivity index (χ4n) is 1.95. The number of nitrogens with one attached hydrogen (secondary N) is 1. The van der Waals surface area contributed by atoms with Crippen molar-refractivity contribution in [2.45, 2.75) is 19.9 Å². The molecule has 0 radical (unpaired) electrons. The number of nitrogens with two attached hydrogens (primary N) is 1. The summed E-state index contributed by atoms with van der Waals surface area (Å²) in [5.74, 6) is 0.161. The second kappa shape index (κ2) is 6.99. The zero-order valence-electron chi connectivity index (χ0n) is 12.1. The molecule has 1 heterocycles. The number of hydrogen-bond acceptors (Lipinski definition) is 4. The van der Waals surface area contributed by atoms with Crippen LogP contribution >= 0.6 is 0 Å². The highest BCUT2D eigenvalue weighted by molar-refractivity contribution is 5.77. The number of benzene rings is 1. The third-order valence-corrected chi connectivity index (χ3v) is 3.36. The van der Waals surface area contributed by atoms with Gasteiger partial charge in [0.1, 0.15) is 0 Å². The first-order valence-corrected chi connectivity index (χ1v) is 7.02. The number of aromatic nitrogens is 2. The molecule has 2 rings (SSSR count). The topological polar surface area (TPSA) is 90.0 Å². The largest absolute Gasteiger partial charge is 0.356 e. The van der Waals surface area contributed by atoms with Crippen LogP contribution in [-0.4, -0.2) is 28.5 Å². The minimum atomic E-state index is -0.122. The first kappa shape index (κ1) is 15.2. The van der Waals surface area contributed by atoms with Crippen molar-refractivity contribution in [3.8, 4) is 0 Å². The van der Waals surface area contributed by atoms with Crippen LogP contribution in [0.4, 0.5) is 0 Å². The minimum Gasteiger partial charge on any atom is -0.356 e. The second-order valence-corrected chi connectivity index (χ2v) is 5.16. The van der Waals surface area contributed by atoms with Gasteiger partial charge in [0.25, 0.3) is 5.56 Å². The Morgan fingerprint density at radius 2 is 2.19 bits per heavy atom. The molecule has 0 saturated carbocycles. The molecule has 0 aliphatic carbocycles. The molecule has 2 aromatic rings. The Kier molecular flexibility index (Phi) is 5.05. The monoisotopic (exact) mass is 288 g/mol. The van der Waals surface area contributed by atoms with Crippen molar-refractivity contribution < 1.29 is 4.79 Å². The van der Waals surface area contributed by atoms with Crippen LogP contribution < -0.4 is 16.6 Å². The van der Waals surface area contributed by atoms with Gasteiger partial charge >= 0.3 is 0 Å². The van der Waals surface area contributed by atoms with Crippen molar-refractivity contribution in [3.05, 3.63) is 40.9 Å². The van der Waals surface area contributed by atoms with Gasteiger partial charge in [0.2, 0.25) is 5.91 Å². The van der Waals surface area contributed by atoms with Crippen LogP contribution in [0.1, 0.15) is 13.3 Å². The molecular formula is C15H20N4O2. The number of nitrogens with zero attached hydrogens (tertiary/aromatic N) is 2. The molecule has 6 nitrogen and oxygen atoms in total. The van der Waals surface area contributed by atoms with Crippen LogP contribution in [0.25, 0.3) is 10.9 Å². The predicted molar refractivity (Wildman–Crippen MR) is 81.8 cm³/mol. The molecule has 112 valence electrons. The van der Waals surface area contributed by atoms with Gasteiger partial charge in [-0.15, -0.1) is 0 Å². The van der Waals surface area contributed by atoms with Gasteiger partial charge in [-0.3, -0.25) is 14.2 Å². The van der Waals surface area contributed by atoms with Crippen molar-refractivity contribution in [2.24, 2.45) is 11.7 Å². The lowest BCUT2D eigenvalue weighted by atomic mass is 10.2. The molecule has 21 heavy (non-hydrogen) atoms. The normalized spacial score (nSPS) is 12.3. The molecule has 1 aromatic heterocycles. The molecule has 1 amide bonds. The molecule has 0 fully saturated rings. The van der Waals surface area contributed by atoms with Crippen molar-refractivity contribution in [2.75, 3.05) is 13.1 Å². The Balaban J connectivity index is 1.99. The number of hydrogen-bond donors (Lipinski definition) is 2. The van der Waals surface area contributed by atoms with Gasteiger partial charge in [0.05, 0.1) is 17.2 Å². The fraction of sp³-hybridized carbons (Fsp3) is 0.400. The molecule has 0 aliphatic heterocycles. The Bertz CT molecular complexity index is 681. The number of fused-ring (bicyclic) bond motifs is 1. The van der Waals surface area contributed by atoms with Crippen LogP contribution in [0.15, 0.2) is 35.4 Å². The summed E-state index contributed by atoms with van der Waals surface area (Å²) in [7, 11) is 0. The summed E-state index contributed by atoms with van der Waals surface area (Å²) in [6.07, 6.45) is 1.73. The summed E-state index contributed by atoms with van der Waals surface area (Å²) in [6.45, 7) is 3.38. The maximum atomic E-state index is 12.2. The van der Waals surface area contributed by atoms with Crippen LogP contribution in [-0.2, 0) is 11.3 Å². The number of carbonyl (C=O) groups is 1. The van der Waals surface area contributed by atoms with E-state index in [9.17, 15) is 9.59 Å². The standard InChI is InChI=1S/C15H20N4O2/c1-11(8-16)9-17-14(20)6-7-19-10-18-13-5-3-2-4-12(13)15(19)21/h2-5,10-11H,6-9,16H2,1H3,(H,17,20). The van der Waals surface area contributed by atoms with E-state index in [0.29, 0.717) is 30.5 Å². The van der Waals surface area contributed by atoms with Gasteiger partial charge in [-0.1, -0.05) is 19.1 Å². The molecule has 6 heteroatoms. The average molecular weight is 288 g/mol. The summed E-state index contributed by atoms with van der Waals surface area (Å²) >= 11 is 0. The number of amides is 1. The lowest BCUT2D eigenvalue weighted by Gasteiger charge is -2.10. The third kappa shape index (κ3) is 3.88. The molecule has 3 N–H and O–H groups in total. The summed E-state index contributed by atoms with van der Waals surface area (Å²) in [5.41, 5.74) is 6.04. The van der Waals surface area contributed by atoms with Gasteiger partial charge in [-0.25, -0.2) is 4.98 Å². The second-order valence-electron chi connectivity index (χ2n) is 5.16. The van der Waals surface area contributed by atoms with Crippen molar-refractivity contribution in [3.63, 3.8) is 0 Å². The quantitative estimate of drug-likeness (QED) is 0.810. The summed E-state index contributed by atoms with van der Waals surface area (Å²) in [4.78, 5) is 28.2. The zero-order valence-corrected chi connectivity index (χ0v) is 12.1. The summed E-state index contributed by atoms with van der Waals surface area (Å²) < 4.78 is 1.47. The number of carbonyl (C=O) groups excluding carboxylic acids is 1. The SMILES string of the molecule is CC(CN)CNC(=O)CCn1cnc2ccccc2c1=O. The van der Waals surface area contributed by atoms with E-state index >= 15 is 0 Å².